The van der Waals surface area contributed by atoms with Crippen LogP contribution in [0.2, 0.25) is 0 Å². The van der Waals surface area contributed by atoms with Gasteiger partial charge in [0.05, 0.1) is 23.5 Å². The van der Waals surface area contributed by atoms with E-state index in [9.17, 15) is 8.42 Å². The van der Waals surface area contributed by atoms with Crippen molar-refractivity contribution < 1.29 is 13.5 Å². The minimum atomic E-state index is -3.09. The molecule has 0 fully saturated rings. The molecule has 0 amide bonds. The van der Waals surface area contributed by atoms with E-state index < -0.39 is 15.2 Å². The predicted molar refractivity (Wildman–Crippen MR) is 87.2 cm³/mol. The van der Waals surface area contributed by atoms with Crippen molar-refractivity contribution in [3.05, 3.63) is 0 Å². The first-order valence-electron chi connectivity index (χ1n) is 7.97. The number of aliphatic hydroxyl groups is 1. The largest absolute Gasteiger partial charge is 0.395 e. The first kappa shape index (κ1) is 20.2. The molecule has 0 aliphatic carbocycles. The normalized spacial score (nSPS) is 13.6. The van der Waals surface area contributed by atoms with Crippen molar-refractivity contribution in [3.63, 3.8) is 0 Å². The first-order chi connectivity index (χ1) is 9.52. The highest BCUT2D eigenvalue weighted by Gasteiger charge is 2.16. The molecule has 0 aliphatic rings. The topological polar surface area (TPSA) is 54.4 Å². The van der Waals surface area contributed by atoms with Gasteiger partial charge in [-0.15, -0.1) is 11.6 Å². The minimum Gasteiger partial charge on any atom is -0.395 e. The maximum Gasteiger partial charge on any atom is 0.151 e. The molecule has 5 heteroatoms. The van der Waals surface area contributed by atoms with Crippen LogP contribution < -0.4 is 0 Å². The van der Waals surface area contributed by atoms with E-state index >= 15 is 0 Å². The molecule has 0 aromatic heterocycles. The van der Waals surface area contributed by atoms with Crippen molar-refractivity contribution in [1.82, 2.24) is 0 Å². The van der Waals surface area contributed by atoms with Crippen LogP contribution in [0.4, 0.5) is 0 Å². The zero-order valence-electron chi connectivity index (χ0n) is 12.8. The lowest BCUT2D eigenvalue weighted by Crippen LogP contribution is -2.21. The number of hydrogen-bond acceptors (Lipinski definition) is 3. The Balaban J connectivity index is 3.39. The Morgan fingerprint density at radius 3 is 1.80 bits per heavy atom. The van der Waals surface area contributed by atoms with Gasteiger partial charge >= 0.3 is 0 Å². The summed E-state index contributed by atoms with van der Waals surface area (Å²) in [5.41, 5.74) is 0. The quantitative estimate of drug-likeness (QED) is 0.389. The Labute approximate surface area is 130 Å². The molecule has 3 nitrogen and oxygen atoms in total. The van der Waals surface area contributed by atoms with Gasteiger partial charge in [0.15, 0.2) is 9.84 Å². The highest BCUT2D eigenvalue weighted by Crippen LogP contribution is 2.11. The lowest BCUT2D eigenvalue weighted by atomic mass is 10.1. The Bertz CT molecular complexity index is 304. The molecule has 0 heterocycles. The third kappa shape index (κ3) is 13.2. The monoisotopic (exact) mass is 326 g/mol. The second-order valence-corrected chi connectivity index (χ2v) is 8.42. The van der Waals surface area contributed by atoms with Crippen LogP contribution in [0, 0.1) is 0 Å². The van der Waals surface area contributed by atoms with Crippen molar-refractivity contribution in [1.29, 1.82) is 0 Å². The number of sulfone groups is 1. The maximum atomic E-state index is 11.6. The van der Waals surface area contributed by atoms with Crippen LogP contribution in [0.15, 0.2) is 0 Å². The molecule has 0 spiro atoms. The molecule has 0 saturated heterocycles. The molecule has 1 atom stereocenters. The van der Waals surface area contributed by atoms with Gasteiger partial charge in [0.2, 0.25) is 0 Å². The van der Waals surface area contributed by atoms with Crippen molar-refractivity contribution in [2.75, 3.05) is 18.1 Å². The molecular weight excluding hydrogens is 296 g/mol. The van der Waals surface area contributed by atoms with Crippen LogP contribution in [-0.2, 0) is 9.84 Å². The molecule has 20 heavy (non-hydrogen) atoms. The second-order valence-electron chi connectivity index (χ2n) is 5.58. The summed E-state index contributed by atoms with van der Waals surface area (Å²) in [5.74, 6) is 0.0925. The van der Waals surface area contributed by atoms with Crippen LogP contribution in [0.5, 0.6) is 0 Å². The highest BCUT2D eigenvalue weighted by atomic mass is 35.5. The van der Waals surface area contributed by atoms with Crippen LogP contribution in [0.25, 0.3) is 0 Å². The van der Waals surface area contributed by atoms with E-state index in [-0.39, 0.29) is 18.1 Å². The zero-order valence-corrected chi connectivity index (χ0v) is 14.4. The number of rotatable bonds is 14. The molecule has 0 aromatic rings. The van der Waals surface area contributed by atoms with E-state index in [1.54, 1.807) is 0 Å². The minimum absolute atomic E-state index is 0.109. The van der Waals surface area contributed by atoms with Gasteiger partial charge in [-0.1, -0.05) is 64.7 Å². The fourth-order valence-corrected chi connectivity index (χ4v) is 4.26. The van der Waals surface area contributed by atoms with Crippen molar-refractivity contribution in [2.45, 2.75) is 76.5 Å². The van der Waals surface area contributed by atoms with E-state index in [2.05, 4.69) is 6.92 Å². The van der Waals surface area contributed by atoms with Gasteiger partial charge in [0.1, 0.15) is 0 Å². The molecule has 0 aromatic carbocycles. The lowest BCUT2D eigenvalue weighted by molar-refractivity contribution is 0.298. The van der Waals surface area contributed by atoms with Crippen molar-refractivity contribution >= 4 is 21.4 Å². The molecule has 0 rings (SSSR count). The third-order valence-corrected chi connectivity index (χ3v) is 5.74. The highest BCUT2D eigenvalue weighted by molar-refractivity contribution is 7.91. The molecule has 1 N–H and O–H groups in total. The van der Waals surface area contributed by atoms with Crippen LogP contribution in [0.3, 0.4) is 0 Å². The number of alkyl halides is 1. The third-order valence-electron chi connectivity index (χ3n) is 3.44. The molecule has 0 radical (unpaired) electrons. The maximum absolute atomic E-state index is 11.6. The summed E-state index contributed by atoms with van der Waals surface area (Å²) in [4.78, 5) is 0. The number of aliphatic hydroxyl groups excluding tert-OH is 1. The molecule has 122 valence electrons. The van der Waals surface area contributed by atoms with Gasteiger partial charge < -0.3 is 5.11 Å². The average molecular weight is 327 g/mol. The predicted octanol–water partition coefficient (Wildman–Crippen LogP) is 3.92. The Kier molecular flexibility index (Phi) is 13.0. The average Bonchev–Trinajstić information content (AvgIpc) is 2.40. The van der Waals surface area contributed by atoms with E-state index in [0.29, 0.717) is 6.42 Å². The standard InChI is InChI=1S/C15H31ClO3S/c1-2-3-4-5-6-7-8-9-10-11-12-20(18,19)14-15(16)13-17/h15,17H,2-14H2,1H3/t15-/m0/s1. The SMILES string of the molecule is CCCCCCCCCCCCS(=O)(=O)C[C@@H](Cl)CO. The fraction of sp³-hybridized carbons (Fsp3) is 1.00. The molecule has 0 unspecified atom stereocenters. The smallest absolute Gasteiger partial charge is 0.151 e. The molecule has 0 saturated carbocycles. The first-order valence-corrected chi connectivity index (χ1v) is 10.2. The summed E-state index contributed by atoms with van der Waals surface area (Å²) in [7, 11) is -3.09. The summed E-state index contributed by atoms with van der Waals surface area (Å²) < 4.78 is 23.3. The van der Waals surface area contributed by atoms with Gasteiger partial charge in [-0.05, 0) is 6.42 Å². The lowest BCUT2D eigenvalue weighted by Gasteiger charge is -2.07. The van der Waals surface area contributed by atoms with E-state index in [0.717, 1.165) is 12.8 Å². The van der Waals surface area contributed by atoms with Crippen LogP contribution >= 0.6 is 11.6 Å². The fourth-order valence-electron chi connectivity index (χ4n) is 2.22. The summed E-state index contributed by atoms with van der Waals surface area (Å²) >= 11 is 5.65. The van der Waals surface area contributed by atoms with Crippen molar-refractivity contribution in [2.24, 2.45) is 0 Å². The van der Waals surface area contributed by atoms with Gasteiger partial charge in [-0.2, -0.15) is 0 Å². The van der Waals surface area contributed by atoms with Gasteiger partial charge in [0, 0.05) is 0 Å². The summed E-state index contributed by atoms with van der Waals surface area (Å²) in [5, 5.41) is 8.08. The van der Waals surface area contributed by atoms with Crippen molar-refractivity contribution in [3.8, 4) is 0 Å². The Hall–Kier alpha value is 0.200. The number of halogens is 1. The molecule has 0 aliphatic heterocycles. The van der Waals surface area contributed by atoms with Gasteiger partial charge in [-0.3, -0.25) is 0 Å². The zero-order chi connectivity index (χ0) is 15.3. The van der Waals surface area contributed by atoms with Gasteiger partial charge in [0.25, 0.3) is 0 Å². The van der Waals surface area contributed by atoms with E-state index in [1.165, 1.54) is 44.9 Å². The summed E-state index contributed by atoms with van der Waals surface area (Å²) in [6.07, 6.45) is 11.9. The Morgan fingerprint density at radius 2 is 1.35 bits per heavy atom. The van der Waals surface area contributed by atoms with Crippen LogP contribution in [-0.4, -0.2) is 37.0 Å². The summed E-state index contributed by atoms with van der Waals surface area (Å²) in [6.45, 7) is 1.94. The number of unbranched alkanes of at least 4 members (excludes halogenated alkanes) is 9. The van der Waals surface area contributed by atoms with Crippen LogP contribution in [0.1, 0.15) is 71.1 Å². The second kappa shape index (κ2) is 12.9. The molecule has 0 bridgehead atoms. The Morgan fingerprint density at radius 1 is 0.900 bits per heavy atom. The van der Waals surface area contributed by atoms with E-state index in [1.807, 2.05) is 0 Å². The molecular formula is C15H31ClO3S. The van der Waals surface area contributed by atoms with E-state index in [4.69, 9.17) is 16.7 Å². The van der Waals surface area contributed by atoms with Gasteiger partial charge in [-0.25, -0.2) is 8.42 Å². The summed E-state index contributed by atoms with van der Waals surface area (Å²) in [6, 6.07) is 0. The number of hydrogen-bond donors (Lipinski definition) is 1.